The topological polar surface area (TPSA) is 58.6 Å². The fourth-order valence-electron chi connectivity index (χ4n) is 1.23. The van der Waals surface area contributed by atoms with Crippen LogP contribution in [-0.2, 0) is 6.42 Å². The largest absolute Gasteiger partial charge is 0.323 e. The molecular formula is C10H9N3O. The van der Waals surface area contributed by atoms with Crippen LogP contribution in [0.5, 0.6) is 0 Å². The van der Waals surface area contributed by atoms with Crippen molar-refractivity contribution < 1.29 is 0 Å². The first kappa shape index (κ1) is 8.62. The van der Waals surface area contributed by atoms with E-state index in [0.29, 0.717) is 6.42 Å². The Morgan fingerprint density at radius 3 is 2.86 bits per heavy atom. The Balaban J connectivity index is 2.24. The molecule has 0 atom stereocenters. The Bertz CT molecular complexity index is 464. The van der Waals surface area contributed by atoms with Gasteiger partial charge in [0.15, 0.2) is 0 Å². The van der Waals surface area contributed by atoms with E-state index in [1.165, 1.54) is 6.20 Å². The second kappa shape index (κ2) is 3.83. The normalized spacial score (nSPS) is 10.0. The summed E-state index contributed by atoms with van der Waals surface area (Å²) in [6.07, 6.45) is 7.04. The summed E-state index contributed by atoms with van der Waals surface area (Å²) in [6.45, 7) is 0. The Morgan fingerprint density at radius 1 is 1.21 bits per heavy atom. The molecule has 0 bridgehead atoms. The summed E-state index contributed by atoms with van der Waals surface area (Å²) in [5.74, 6) is 0. The molecule has 4 heteroatoms. The molecule has 2 aromatic rings. The standard InChI is InChI=1S/C10H9N3O/c14-10-7-12-6-9(13-10)4-8-2-1-3-11-5-8/h1-3,5-7H,4H2,(H,13,14). The summed E-state index contributed by atoms with van der Waals surface area (Å²) in [6, 6.07) is 3.82. The first-order valence-electron chi connectivity index (χ1n) is 4.27. The average Bonchev–Trinajstić information content (AvgIpc) is 2.19. The SMILES string of the molecule is O=c1cncc(Cc2cccnc2)[nH]1. The summed E-state index contributed by atoms with van der Waals surface area (Å²) >= 11 is 0. The minimum Gasteiger partial charge on any atom is -0.323 e. The van der Waals surface area contributed by atoms with Crippen LogP contribution in [0.2, 0.25) is 0 Å². The van der Waals surface area contributed by atoms with Gasteiger partial charge in [-0.25, -0.2) is 0 Å². The van der Waals surface area contributed by atoms with Crippen LogP contribution in [0.3, 0.4) is 0 Å². The molecular weight excluding hydrogens is 178 g/mol. The minimum absolute atomic E-state index is 0.175. The van der Waals surface area contributed by atoms with Gasteiger partial charge in [-0.2, -0.15) is 0 Å². The minimum atomic E-state index is -0.175. The Labute approximate surface area is 80.7 Å². The van der Waals surface area contributed by atoms with E-state index in [1.54, 1.807) is 18.6 Å². The fraction of sp³-hybridized carbons (Fsp3) is 0.100. The van der Waals surface area contributed by atoms with Crippen molar-refractivity contribution in [3.05, 3.63) is 58.5 Å². The van der Waals surface area contributed by atoms with Crippen LogP contribution in [0.1, 0.15) is 11.3 Å². The molecule has 0 aliphatic heterocycles. The van der Waals surface area contributed by atoms with Gasteiger partial charge in [-0.05, 0) is 11.6 Å². The maximum atomic E-state index is 10.9. The second-order valence-electron chi connectivity index (χ2n) is 2.96. The molecule has 0 aromatic carbocycles. The molecule has 2 heterocycles. The maximum absolute atomic E-state index is 10.9. The first-order valence-corrected chi connectivity index (χ1v) is 4.27. The molecule has 0 unspecified atom stereocenters. The number of H-pyrrole nitrogens is 1. The number of aromatic amines is 1. The zero-order valence-corrected chi connectivity index (χ0v) is 7.47. The third-order valence-corrected chi connectivity index (χ3v) is 1.82. The van der Waals surface area contributed by atoms with Crippen LogP contribution in [0.25, 0.3) is 0 Å². The second-order valence-corrected chi connectivity index (χ2v) is 2.96. The number of nitrogens with one attached hydrogen (secondary N) is 1. The monoisotopic (exact) mass is 187 g/mol. The van der Waals surface area contributed by atoms with Crippen molar-refractivity contribution in [3.8, 4) is 0 Å². The maximum Gasteiger partial charge on any atom is 0.266 e. The van der Waals surface area contributed by atoms with Crippen molar-refractivity contribution in [1.29, 1.82) is 0 Å². The third-order valence-electron chi connectivity index (χ3n) is 1.82. The number of hydrogen-bond acceptors (Lipinski definition) is 3. The van der Waals surface area contributed by atoms with E-state index >= 15 is 0 Å². The molecule has 0 radical (unpaired) electrons. The summed E-state index contributed by atoms with van der Waals surface area (Å²) in [7, 11) is 0. The molecule has 0 spiro atoms. The summed E-state index contributed by atoms with van der Waals surface area (Å²) < 4.78 is 0. The van der Waals surface area contributed by atoms with E-state index in [1.807, 2.05) is 12.1 Å². The molecule has 4 nitrogen and oxygen atoms in total. The van der Waals surface area contributed by atoms with Gasteiger partial charge in [-0.1, -0.05) is 6.07 Å². The summed E-state index contributed by atoms with van der Waals surface area (Å²) in [4.78, 5) is 21.5. The molecule has 1 N–H and O–H groups in total. The van der Waals surface area contributed by atoms with E-state index in [2.05, 4.69) is 15.0 Å². The molecule has 2 rings (SSSR count). The number of nitrogens with zero attached hydrogens (tertiary/aromatic N) is 2. The molecule has 0 saturated carbocycles. The number of hydrogen-bond donors (Lipinski definition) is 1. The van der Waals surface area contributed by atoms with Crippen LogP contribution >= 0.6 is 0 Å². The van der Waals surface area contributed by atoms with Gasteiger partial charge in [-0.15, -0.1) is 0 Å². The first-order chi connectivity index (χ1) is 6.84. The number of aromatic nitrogens is 3. The lowest BCUT2D eigenvalue weighted by Crippen LogP contribution is -2.08. The number of rotatable bonds is 2. The Kier molecular flexibility index (Phi) is 2.36. The third kappa shape index (κ3) is 2.04. The van der Waals surface area contributed by atoms with E-state index in [4.69, 9.17) is 0 Å². The smallest absolute Gasteiger partial charge is 0.266 e. The van der Waals surface area contributed by atoms with Gasteiger partial charge in [0.1, 0.15) is 0 Å². The van der Waals surface area contributed by atoms with Crippen molar-refractivity contribution in [2.24, 2.45) is 0 Å². The van der Waals surface area contributed by atoms with Gasteiger partial charge in [0.2, 0.25) is 0 Å². The predicted octanol–water partition coefficient (Wildman–Crippen LogP) is 0.756. The molecule has 0 saturated heterocycles. The highest BCUT2D eigenvalue weighted by Gasteiger charge is 1.96. The van der Waals surface area contributed by atoms with Crippen molar-refractivity contribution in [3.63, 3.8) is 0 Å². The molecule has 70 valence electrons. The van der Waals surface area contributed by atoms with Gasteiger partial charge in [0.25, 0.3) is 5.56 Å². The average molecular weight is 187 g/mol. The van der Waals surface area contributed by atoms with Crippen LogP contribution < -0.4 is 5.56 Å². The molecule has 0 fully saturated rings. The summed E-state index contributed by atoms with van der Waals surface area (Å²) in [5.41, 5.74) is 1.67. The van der Waals surface area contributed by atoms with Gasteiger partial charge in [0.05, 0.1) is 6.20 Å². The van der Waals surface area contributed by atoms with Crippen molar-refractivity contribution in [2.45, 2.75) is 6.42 Å². The van der Waals surface area contributed by atoms with E-state index in [0.717, 1.165) is 11.3 Å². The molecule has 0 aliphatic rings. The quantitative estimate of drug-likeness (QED) is 0.754. The van der Waals surface area contributed by atoms with Gasteiger partial charge in [0, 0.05) is 30.7 Å². The highest BCUT2D eigenvalue weighted by Crippen LogP contribution is 2.02. The molecule has 0 amide bonds. The van der Waals surface area contributed by atoms with Crippen molar-refractivity contribution in [1.82, 2.24) is 15.0 Å². The molecule has 2 aromatic heterocycles. The van der Waals surface area contributed by atoms with Crippen molar-refractivity contribution >= 4 is 0 Å². The van der Waals surface area contributed by atoms with Gasteiger partial charge in [-0.3, -0.25) is 14.8 Å². The highest BCUT2D eigenvalue weighted by molar-refractivity contribution is 5.15. The van der Waals surface area contributed by atoms with Gasteiger partial charge >= 0.3 is 0 Å². The lowest BCUT2D eigenvalue weighted by Gasteiger charge is -1.99. The van der Waals surface area contributed by atoms with E-state index in [9.17, 15) is 4.79 Å². The highest BCUT2D eigenvalue weighted by atomic mass is 16.1. The van der Waals surface area contributed by atoms with Crippen LogP contribution in [0.4, 0.5) is 0 Å². The summed E-state index contributed by atoms with van der Waals surface area (Å²) in [5, 5.41) is 0. The van der Waals surface area contributed by atoms with Gasteiger partial charge < -0.3 is 4.98 Å². The lowest BCUT2D eigenvalue weighted by molar-refractivity contribution is 0.992. The van der Waals surface area contributed by atoms with Crippen LogP contribution in [-0.4, -0.2) is 15.0 Å². The number of pyridine rings is 1. The zero-order chi connectivity index (χ0) is 9.80. The molecule has 0 aliphatic carbocycles. The molecule has 14 heavy (non-hydrogen) atoms. The lowest BCUT2D eigenvalue weighted by atomic mass is 10.2. The Hall–Kier alpha value is -1.97. The van der Waals surface area contributed by atoms with Crippen molar-refractivity contribution in [2.75, 3.05) is 0 Å². The van der Waals surface area contributed by atoms with E-state index in [-0.39, 0.29) is 5.56 Å². The fourth-order valence-corrected chi connectivity index (χ4v) is 1.23. The van der Waals surface area contributed by atoms with E-state index < -0.39 is 0 Å². The van der Waals surface area contributed by atoms with Crippen LogP contribution in [0, 0.1) is 0 Å². The zero-order valence-electron chi connectivity index (χ0n) is 7.47. The predicted molar refractivity (Wildman–Crippen MR) is 51.9 cm³/mol. The Morgan fingerprint density at radius 2 is 2.14 bits per heavy atom. The van der Waals surface area contributed by atoms with Crippen LogP contribution in [0.15, 0.2) is 41.7 Å².